The van der Waals surface area contributed by atoms with Crippen LogP contribution in [0.1, 0.15) is 20.0 Å². The first kappa shape index (κ1) is 9.47. The Hall–Kier alpha value is -1.56. The normalized spacial score (nSPS) is 17.1. The molecule has 1 aromatic rings. The maximum atomic E-state index is 11.8. The smallest absolute Gasteiger partial charge is 0.231 e. The molecule has 0 spiro atoms. The number of hydrogen-bond acceptors (Lipinski definition) is 4. The van der Waals surface area contributed by atoms with E-state index in [1.165, 1.54) is 19.1 Å². The van der Waals surface area contributed by atoms with Crippen molar-refractivity contribution in [3.8, 4) is 11.5 Å². The second kappa shape index (κ2) is 4.75. The van der Waals surface area contributed by atoms with Gasteiger partial charge in [-0.1, -0.05) is 15.9 Å². The van der Waals surface area contributed by atoms with Crippen molar-refractivity contribution in [1.82, 2.24) is 0 Å². The summed E-state index contributed by atoms with van der Waals surface area (Å²) in [5.74, 6) is -0.337. The molecular weight excluding hydrogens is 290 g/mol. The van der Waals surface area contributed by atoms with E-state index >= 15 is 0 Å². The molecule has 1 aliphatic rings. The number of anilines is 1. The quantitative estimate of drug-likeness (QED) is 0.684. The Kier molecular flexibility index (Phi) is 2.64. The van der Waals surface area contributed by atoms with Gasteiger partial charge < -0.3 is 14.8 Å². The molecule has 1 amide bonds. The van der Waals surface area contributed by atoms with Gasteiger partial charge in [-0.3, -0.25) is 9.59 Å². The Morgan fingerprint density at radius 3 is 2.71 bits per heavy atom. The van der Waals surface area contributed by atoms with Crippen LogP contribution in [0.3, 0.4) is 0 Å². The number of halogens is 1. The summed E-state index contributed by atoms with van der Waals surface area (Å²) in [6.07, 6.45) is 0. The number of Topliss-reactive ketones (excluding diaryl/α,β-unsaturated/α-hetero) is 1. The van der Waals surface area contributed by atoms with E-state index in [-0.39, 0.29) is 39.8 Å². The van der Waals surface area contributed by atoms with Crippen molar-refractivity contribution in [3.63, 3.8) is 0 Å². The second-order valence-electron chi connectivity index (χ2n) is 3.37. The van der Waals surface area contributed by atoms with Crippen LogP contribution in [-0.2, 0) is 4.79 Å². The third-order valence-electron chi connectivity index (χ3n) is 2.12. The Labute approximate surface area is 109 Å². The molecule has 0 unspecified atom stereocenters. The minimum atomic E-state index is -2.27. The number of carbonyl (C=O) groups excluding carboxylic acids is 2. The molecule has 0 aliphatic carbocycles. The number of alkyl halides is 1. The first-order valence-corrected chi connectivity index (χ1v) is 5.87. The number of fused-ring (bicyclic) bond motifs is 1. The van der Waals surface area contributed by atoms with Crippen LogP contribution in [-0.4, -0.2) is 23.8 Å². The summed E-state index contributed by atoms with van der Waals surface area (Å²) < 4.78 is 24.5. The summed E-state index contributed by atoms with van der Waals surface area (Å²) in [7, 11) is 0. The highest BCUT2D eigenvalue weighted by atomic mass is 79.9. The molecule has 0 aromatic heterocycles. The van der Waals surface area contributed by atoms with Gasteiger partial charge >= 0.3 is 0 Å². The topological polar surface area (TPSA) is 64.6 Å². The number of amides is 1. The molecule has 1 N–H and O–H groups in total. The molecule has 1 aliphatic heterocycles. The fraction of sp³-hybridized carbons (Fsp3) is 0.273. The zero-order valence-electron chi connectivity index (χ0n) is 10.9. The van der Waals surface area contributed by atoms with Gasteiger partial charge in [0.25, 0.3) is 0 Å². The molecule has 17 heavy (non-hydrogen) atoms. The Morgan fingerprint density at radius 2 is 2.12 bits per heavy atom. The first-order chi connectivity index (χ1) is 8.82. The molecule has 1 heterocycles. The summed E-state index contributed by atoms with van der Waals surface area (Å²) in [5.41, 5.74) is 0.490. The zero-order chi connectivity index (χ0) is 14.2. The van der Waals surface area contributed by atoms with E-state index in [0.29, 0.717) is 0 Å². The lowest BCUT2D eigenvalue weighted by Gasteiger charge is -2.09. The molecule has 6 heteroatoms. The fourth-order valence-electron chi connectivity index (χ4n) is 1.43. The molecule has 2 rings (SSSR count). The predicted octanol–water partition coefficient (Wildman–Crippen LogP) is 1.95. The van der Waals surface area contributed by atoms with Gasteiger partial charge in [-0.05, 0) is 6.07 Å². The molecule has 0 atom stereocenters. The van der Waals surface area contributed by atoms with Crippen molar-refractivity contribution in [1.29, 1.82) is 0 Å². The number of benzene rings is 1. The van der Waals surface area contributed by atoms with Crippen LogP contribution < -0.4 is 14.8 Å². The number of rotatable bonds is 3. The highest BCUT2D eigenvalue weighted by molar-refractivity contribution is 9.09. The van der Waals surface area contributed by atoms with E-state index in [9.17, 15) is 9.59 Å². The zero-order valence-corrected chi connectivity index (χ0v) is 10.5. The summed E-state index contributed by atoms with van der Waals surface area (Å²) in [6, 6.07) is 2.73. The average Bonchev–Trinajstić information content (AvgIpc) is 2.59. The number of hydrogen-bond donors (Lipinski definition) is 1. The lowest BCUT2D eigenvalue weighted by molar-refractivity contribution is -0.114. The minimum Gasteiger partial charge on any atom is -0.454 e. The molecule has 0 saturated heterocycles. The van der Waals surface area contributed by atoms with Crippen molar-refractivity contribution in [2.24, 2.45) is 0 Å². The van der Waals surface area contributed by atoms with Gasteiger partial charge in [0.15, 0.2) is 17.3 Å². The van der Waals surface area contributed by atoms with Crippen molar-refractivity contribution in [2.45, 2.75) is 6.92 Å². The van der Waals surface area contributed by atoms with Crippen LogP contribution in [0.15, 0.2) is 12.1 Å². The van der Waals surface area contributed by atoms with E-state index in [2.05, 4.69) is 21.2 Å². The van der Waals surface area contributed by atoms with Crippen molar-refractivity contribution in [3.05, 3.63) is 17.7 Å². The van der Waals surface area contributed by atoms with Crippen LogP contribution >= 0.6 is 15.9 Å². The maximum absolute atomic E-state index is 11.8. The maximum Gasteiger partial charge on any atom is 0.231 e. The van der Waals surface area contributed by atoms with Gasteiger partial charge in [0.1, 0.15) is 2.74 Å². The highest BCUT2D eigenvalue weighted by Crippen LogP contribution is 2.37. The van der Waals surface area contributed by atoms with Crippen LogP contribution in [0.5, 0.6) is 11.5 Å². The molecule has 90 valence electrons. The molecule has 0 radical (unpaired) electrons. The van der Waals surface area contributed by atoms with Crippen molar-refractivity contribution < 1.29 is 21.8 Å². The Morgan fingerprint density at radius 1 is 1.47 bits per heavy atom. The molecule has 5 nitrogen and oxygen atoms in total. The molecular formula is C11H10BrNO4. The van der Waals surface area contributed by atoms with Gasteiger partial charge in [0, 0.05) is 18.6 Å². The summed E-state index contributed by atoms with van der Waals surface area (Å²) in [4.78, 5) is 22.9. The predicted molar refractivity (Wildman–Crippen MR) is 65.0 cm³/mol. The number of nitrogens with one attached hydrogen (secondary N) is 1. The monoisotopic (exact) mass is 301 g/mol. The molecule has 0 bridgehead atoms. The molecule has 1 aromatic carbocycles. The van der Waals surface area contributed by atoms with Gasteiger partial charge in [-0.25, -0.2) is 0 Å². The van der Waals surface area contributed by atoms with Gasteiger partial charge in [0.2, 0.25) is 12.7 Å². The van der Waals surface area contributed by atoms with Crippen molar-refractivity contribution >= 4 is 33.3 Å². The number of ether oxygens (including phenoxy) is 2. The van der Waals surface area contributed by atoms with Crippen LogP contribution in [0, 0.1) is 0 Å². The summed E-state index contributed by atoms with van der Waals surface area (Å²) >= 11 is 3.05. The Balaban J connectivity index is 2.48. The first-order valence-electron chi connectivity index (χ1n) is 5.75. The van der Waals surface area contributed by atoms with E-state index in [0.717, 1.165) is 0 Å². The standard InChI is InChI=1S/C11H10BrNO4/c1-6(14)13-8-3-11-10(16-5-17-11)2-7(8)9(15)4-12/h2-3H,4-5H2,1H3,(H,13,14)/i5D2. The van der Waals surface area contributed by atoms with E-state index in [1.54, 1.807) is 0 Å². The fourth-order valence-corrected chi connectivity index (χ4v) is 1.73. The SMILES string of the molecule is [2H]C1([2H])Oc2cc(NC(C)=O)c(C(=O)CBr)cc2O1. The van der Waals surface area contributed by atoms with E-state index in [1.807, 2.05) is 0 Å². The third kappa shape index (κ3) is 2.41. The summed E-state index contributed by atoms with van der Waals surface area (Å²) in [6.45, 7) is -0.960. The largest absolute Gasteiger partial charge is 0.454 e. The number of carbonyl (C=O) groups is 2. The van der Waals surface area contributed by atoms with Crippen molar-refractivity contribution in [2.75, 3.05) is 17.4 Å². The number of ketones is 1. The van der Waals surface area contributed by atoms with E-state index < -0.39 is 6.75 Å². The average molecular weight is 302 g/mol. The van der Waals surface area contributed by atoms with Gasteiger partial charge in [-0.15, -0.1) is 0 Å². The molecule has 0 fully saturated rings. The lowest BCUT2D eigenvalue weighted by atomic mass is 10.1. The van der Waals surface area contributed by atoms with Gasteiger partial charge in [0.05, 0.1) is 11.0 Å². The molecule has 0 saturated carbocycles. The Bertz CT molecular complexity index is 562. The second-order valence-corrected chi connectivity index (χ2v) is 3.93. The van der Waals surface area contributed by atoms with E-state index in [4.69, 9.17) is 12.2 Å². The lowest BCUT2D eigenvalue weighted by Crippen LogP contribution is -2.11. The van der Waals surface area contributed by atoms with Crippen LogP contribution in [0.4, 0.5) is 5.69 Å². The third-order valence-corrected chi connectivity index (χ3v) is 2.63. The summed E-state index contributed by atoms with van der Waals surface area (Å²) in [5, 5.41) is 2.58. The van der Waals surface area contributed by atoms with Crippen LogP contribution in [0.2, 0.25) is 0 Å². The van der Waals surface area contributed by atoms with Gasteiger partial charge in [-0.2, -0.15) is 0 Å². The minimum absolute atomic E-state index is 0.0755. The highest BCUT2D eigenvalue weighted by Gasteiger charge is 2.20. The van der Waals surface area contributed by atoms with Crippen LogP contribution in [0.25, 0.3) is 0 Å².